The fraction of sp³-hybridized carbons (Fsp3) is 0.400. The number of rotatable bonds is 6. The lowest BCUT2D eigenvalue weighted by atomic mass is 10.1. The van der Waals surface area contributed by atoms with Gasteiger partial charge in [-0.1, -0.05) is 0 Å². The molecule has 0 aliphatic rings. The highest BCUT2D eigenvalue weighted by Gasteiger charge is 2.16. The van der Waals surface area contributed by atoms with Gasteiger partial charge < -0.3 is 15.6 Å². The van der Waals surface area contributed by atoms with Crippen molar-refractivity contribution in [2.24, 2.45) is 5.73 Å². The Bertz CT molecular complexity index is 721. The van der Waals surface area contributed by atoms with Gasteiger partial charge in [0.05, 0.1) is 29.6 Å². The summed E-state index contributed by atoms with van der Waals surface area (Å²) in [6.07, 6.45) is 0.547. The molecule has 0 bridgehead atoms. The Hall–Kier alpha value is -2.57. The molecule has 2 rings (SSSR count). The molecule has 0 atom stereocenters. The van der Waals surface area contributed by atoms with Gasteiger partial charge in [0.2, 0.25) is 5.91 Å². The minimum absolute atomic E-state index is 0.0376. The summed E-state index contributed by atoms with van der Waals surface area (Å²) in [6.45, 7) is 4.02. The number of aromatic nitrogens is 2. The Balaban J connectivity index is 2.32. The van der Waals surface area contributed by atoms with Crippen LogP contribution in [0, 0.1) is 6.92 Å². The van der Waals surface area contributed by atoms with Crippen LogP contribution in [0.15, 0.2) is 12.1 Å². The largest absolute Gasteiger partial charge is 0.507 e. The fourth-order valence-corrected chi connectivity index (χ4v) is 2.39. The number of fused-ring (bicyclic) bond motifs is 1. The first-order valence-corrected chi connectivity index (χ1v) is 6.99. The molecule has 0 aliphatic carbocycles. The van der Waals surface area contributed by atoms with E-state index in [0.29, 0.717) is 30.7 Å². The van der Waals surface area contributed by atoms with Gasteiger partial charge in [-0.25, -0.2) is 0 Å². The lowest BCUT2D eigenvalue weighted by Gasteiger charge is -2.05. The van der Waals surface area contributed by atoms with E-state index in [0.717, 1.165) is 11.1 Å². The van der Waals surface area contributed by atoms with Crippen LogP contribution in [0.1, 0.15) is 24.6 Å². The summed E-state index contributed by atoms with van der Waals surface area (Å²) in [5, 5.41) is 15.0. The van der Waals surface area contributed by atoms with Crippen molar-refractivity contribution in [2.45, 2.75) is 33.2 Å². The molecule has 0 spiro atoms. The smallest absolute Gasteiger partial charge is 0.302 e. The maximum atomic E-state index is 11.2. The summed E-state index contributed by atoms with van der Waals surface area (Å²) < 4.78 is 6.59. The van der Waals surface area contributed by atoms with Crippen LogP contribution in [0.4, 0.5) is 0 Å². The predicted molar refractivity (Wildman–Crippen MR) is 80.3 cm³/mol. The summed E-state index contributed by atoms with van der Waals surface area (Å²) in [5.41, 5.74) is 7.30. The van der Waals surface area contributed by atoms with Crippen molar-refractivity contribution >= 4 is 22.8 Å². The number of benzene rings is 1. The monoisotopic (exact) mass is 305 g/mol. The minimum Gasteiger partial charge on any atom is -0.507 e. The van der Waals surface area contributed by atoms with Crippen LogP contribution < -0.4 is 5.73 Å². The van der Waals surface area contributed by atoms with Gasteiger partial charge >= 0.3 is 5.97 Å². The van der Waals surface area contributed by atoms with Crippen LogP contribution >= 0.6 is 0 Å². The number of nitrogens with two attached hydrogens (primary N) is 1. The molecule has 0 saturated heterocycles. The minimum atomic E-state index is -0.508. The zero-order valence-corrected chi connectivity index (χ0v) is 12.6. The average Bonchev–Trinajstić information content (AvgIpc) is 2.71. The van der Waals surface area contributed by atoms with Gasteiger partial charge in [0.25, 0.3) is 0 Å². The van der Waals surface area contributed by atoms with Crippen LogP contribution in [0.2, 0.25) is 0 Å². The van der Waals surface area contributed by atoms with Gasteiger partial charge in [-0.05, 0) is 24.6 Å². The molecule has 118 valence electrons. The Morgan fingerprint density at radius 1 is 1.41 bits per heavy atom. The molecule has 1 amide bonds. The highest BCUT2D eigenvalue weighted by atomic mass is 16.5. The molecule has 0 saturated carbocycles. The Labute approximate surface area is 127 Å². The second kappa shape index (κ2) is 6.46. The standard InChI is InChI=1S/C15H19N3O4/c1-9-6-12-15(13(20)7-9)11(8-14(16)21)17-18(12)4-3-5-22-10(2)19/h6-7,20H,3-5,8H2,1-2H3,(H2,16,21). The van der Waals surface area contributed by atoms with E-state index < -0.39 is 5.91 Å². The second-order valence-electron chi connectivity index (χ2n) is 5.18. The van der Waals surface area contributed by atoms with Gasteiger partial charge in [0.15, 0.2) is 0 Å². The molecule has 0 fully saturated rings. The Morgan fingerprint density at radius 3 is 2.77 bits per heavy atom. The summed E-state index contributed by atoms with van der Waals surface area (Å²) in [4.78, 5) is 21.9. The Kier molecular flexibility index (Phi) is 4.65. The first-order valence-electron chi connectivity index (χ1n) is 6.99. The summed E-state index contributed by atoms with van der Waals surface area (Å²) in [6, 6.07) is 3.51. The lowest BCUT2D eigenvalue weighted by Crippen LogP contribution is -2.14. The molecule has 1 heterocycles. The number of phenols is 1. The molecule has 7 nitrogen and oxygen atoms in total. The lowest BCUT2D eigenvalue weighted by molar-refractivity contribution is -0.141. The molecule has 0 radical (unpaired) electrons. The molecule has 0 unspecified atom stereocenters. The quantitative estimate of drug-likeness (QED) is 0.612. The molecule has 1 aromatic carbocycles. The molecule has 2 aromatic rings. The van der Waals surface area contributed by atoms with Gasteiger partial charge in [-0.3, -0.25) is 14.3 Å². The van der Waals surface area contributed by atoms with Crippen molar-refractivity contribution in [3.63, 3.8) is 0 Å². The number of esters is 1. The second-order valence-corrected chi connectivity index (χ2v) is 5.18. The highest BCUT2D eigenvalue weighted by molar-refractivity contribution is 5.92. The van der Waals surface area contributed by atoms with Crippen LogP contribution in [0.25, 0.3) is 10.9 Å². The van der Waals surface area contributed by atoms with Crippen molar-refractivity contribution in [1.29, 1.82) is 0 Å². The number of ether oxygens (including phenoxy) is 1. The van der Waals surface area contributed by atoms with E-state index in [1.54, 1.807) is 10.7 Å². The number of aromatic hydroxyl groups is 1. The zero-order valence-electron chi connectivity index (χ0n) is 12.6. The Morgan fingerprint density at radius 2 is 2.14 bits per heavy atom. The van der Waals surface area contributed by atoms with Gasteiger partial charge in [0, 0.05) is 19.9 Å². The number of hydrogen-bond donors (Lipinski definition) is 2. The normalized spacial score (nSPS) is 10.8. The summed E-state index contributed by atoms with van der Waals surface area (Å²) in [5.74, 6) is -0.753. The van der Waals surface area contributed by atoms with Crippen molar-refractivity contribution in [3.8, 4) is 5.75 Å². The third kappa shape index (κ3) is 3.55. The maximum absolute atomic E-state index is 11.2. The molecule has 0 aliphatic heterocycles. The molecule has 22 heavy (non-hydrogen) atoms. The number of amides is 1. The number of nitrogens with zero attached hydrogens (tertiary/aromatic N) is 2. The number of phenolic OH excluding ortho intramolecular Hbond substituents is 1. The number of carbonyl (C=O) groups excluding carboxylic acids is 2. The van der Waals surface area contributed by atoms with Gasteiger partial charge in [0.1, 0.15) is 5.75 Å². The number of primary amides is 1. The van der Waals surface area contributed by atoms with Gasteiger partial charge in [-0.2, -0.15) is 5.10 Å². The van der Waals surface area contributed by atoms with E-state index in [1.807, 2.05) is 13.0 Å². The van der Waals surface area contributed by atoms with E-state index >= 15 is 0 Å². The predicted octanol–water partition coefficient (Wildman–Crippen LogP) is 1.03. The fourth-order valence-electron chi connectivity index (χ4n) is 2.39. The molecular formula is C15H19N3O4. The first kappa shape index (κ1) is 15.8. The van der Waals surface area contributed by atoms with E-state index in [-0.39, 0.29) is 18.1 Å². The number of hydrogen-bond acceptors (Lipinski definition) is 5. The third-order valence-electron chi connectivity index (χ3n) is 3.21. The van der Waals surface area contributed by atoms with E-state index in [2.05, 4.69) is 5.10 Å². The maximum Gasteiger partial charge on any atom is 0.302 e. The van der Waals surface area contributed by atoms with Crippen LogP contribution in [-0.4, -0.2) is 33.4 Å². The number of aryl methyl sites for hydroxylation is 2. The van der Waals surface area contributed by atoms with E-state index in [4.69, 9.17) is 10.5 Å². The molecule has 7 heteroatoms. The summed E-state index contributed by atoms with van der Waals surface area (Å²) in [7, 11) is 0. The van der Waals surface area contributed by atoms with Crippen molar-refractivity contribution in [1.82, 2.24) is 9.78 Å². The number of carbonyl (C=O) groups is 2. The van der Waals surface area contributed by atoms with Crippen LogP contribution in [0.3, 0.4) is 0 Å². The molecular weight excluding hydrogens is 286 g/mol. The van der Waals surface area contributed by atoms with E-state index in [9.17, 15) is 14.7 Å². The average molecular weight is 305 g/mol. The molecule has 1 aromatic heterocycles. The van der Waals surface area contributed by atoms with Crippen molar-refractivity contribution < 1.29 is 19.4 Å². The van der Waals surface area contributed by atoms with Crippen molar-refractivity contribution in [3.05, 3.63) is 23.4 Å². The first-order chi connectivity index (χ1) is 10.4. The van der Waals surface area contributed by atoms with Crippen molar-refractivity contribution in [2.75, 3.05) is 6.61 Å². The van der Waals surface area contributed by atoms with Gasteiger partial charge in [-0.15, -0.1) is 0 Å². The third-order valence-corrected chi connectivity index (χ3v) is 3.21. The zero-order chi connectivity index (χ0) is 16.3. The highest BCUT2D eigenvalue weighted by Crippen LogP contribution is 2.30. The summed E-state index contributed by atoms with van der Waals surface area (Å²) >= 11 is 0. The van der Waals surface area contributed by atoms with E-state index in [1.165, 1.54) is 6.92 Å². The molecule has 3 N–H and O–H groups in total. The SMILES string of the molecule is CC(=O)OCCCn1nc(CC(N)=O)c2c(O)cc(C)cc21. The topological polar surface area (TPSA) is 107 Å². The van der Waals surface area contributed by atoms with Crippen LogP contribution in [-0.2, 0) is 27.3 Å². The van der Waals surface area contributed by atoms with Crippen LogP contribution in [0.5, 0.6) is 5.75 Å².